The van der Waals surface area contributed by atoms with Gasteiger partial charge in [0.25, 0.3) is 5.92 Å². The van der Waals surface area contributed by atoms with E-state index in [9.17, 15) is 17.6 Å². The van der Waals surface area contributed by atoms with Crippen LogP contribution >= 0.6 is 12.4 Å². The molecule has 3 aromatic rings. The Bertz CT molecular complexity index is 1110. The molecule has 1 fully saturated rings. The maximum Gasteiger partial charge on any atom is 0.266 e. The number of imidazole rings is 1. The number of rotatable bonds is 3. The van der Waals surface area contributed by atoms with E-state index in [2.05, 4.69) is 14.8 Å². The van der Waals surface area contributed by atoms with Gasteiger partial charge in [-0.2, -0.15) is 0 Å². The zero-order valence-electron chi connectivity index (χ0n) is 15.5. The number of nitrogens with zero attached hydrogens (tertiary/aromatic N) is 5. The van der Waals surface area contributed by atoms with Crippen molar-refractivity contribution in [2.45, 2.75) is 24.9 Å². The van der Waals surface area contributed by atoms with Gasteiger partial charge < -0.3 is 15.2 Å². The minimum absolute atomic E-state index is 0. The lowest BCUT2D eigenvalue weighted by Gasteiger charge is -2.37. The molecular weight excluding hydrogens is 424 g/mol. The molecule has 1 atom stereocenters. The number of piperidine rings is 1. The Hall–Kier alpha value is -2.90. The number of pyridine rings is 1. The van der Waals surface area contributed by atoms with E-state index in [-0.39, 0.29) is 49.0 Å². The number of hydrogen-bond donors (Lipinski definition) is 1. The molecule has 158 valence electrons. The molecule has 6 nitrogen and oxygen atoms in total. The second kappa shape index (κ2) is 8.08. The number of benzene rings is 1. The molecule has 0 aliphatic carbocycles. The number of hydrogen-bond acceptors (Lipinski definition) is 4. The van der Waals surface area contributed by atoms with Crippen molar-refractivity contribution in [3.8, 4) is 0 Å². The Balaban J connectivity index is 0.00000256. The molecule has 30 heavy (non-hydrogen) atoms. The highest BCUT2D eigenvalue weighted by molar-refractivity contribution is 5.85. The van der Waals surface area contributed by atoms with Gasteiger partial charge in [-0.15, -0.1) is 12.4 Å². The van der Waals surface area contributed by atoms with E-state index in [0.29, 0.717) is 11.4 Å². The smallest absolute Gasteiger partial charge is 0.266 e. The molecule has 1 aromatic carbocycles. The number of alkyl halides is 2. The van der Waals surface area contributed by atoms with Crippen molar-refractivity contribution < 1.29 is 17.6 Å². The standard InChI is InChI=1S/C19H16F4N6.ClH/c1-25-12-2-3-13(26-8-12)9-29-15-7-11(20)6-14(21)17(15)27-18(29)28-5-4-19(22,23)16(24)10-28;/h2-3,6-8,16H,4-5,9-10,24H2;1H/t16-;/m1./s1. The molecule has 11 heteroatoms. The van der Waals surface area contributed by atoms with Crippen molar-refractivity contribution in [1.29, 1.82) is 0 Å². The molecular formula is C19H17ClF4N6. The lowest BCUT2D eigenvalue weighted by atomic mass is 10.0. The molecule has 0 radical (unpaired) electrons. The molecule has 1 aliphatic heterocycles. The fraction of sp³-hybridized carbons (Fsp3) is 0.316. The molecule has 0 unspecified atom stereocenters. The summed E-state index contributed by atoms with van der Waals surface area (Å²) >= 11 is 0. The van der Waals surface area contributed by atoms with Gasteiger partial charge >= 0.3 is 0 Å². The summed E-state index contributed by atoms with van der Waals surface area (Å²) in [5, 5.41) is 0. The lowest BCUT2D eigenvalue weighted by molar-refractivity contribution is -0.0395. The number of fused-ring (bicyclic) bond motifs is 1. The van der Waals surface area contributed by atoms with E-state index in [1.54, 1.807) is 17.0 Å². The zero-order valence-corrected chi connectivity index (χ0v) is 16.3. The molecule has 2 N–H and O–H groups in total. The molecule has 1 aliphatic rings. The molecule has 1 saturated heterocycles. The topological polar surface area (TPSA) is 64.3 Å². The van der Waals surface area contributed by atoms with Gasteiger partial charge in [0, 0.05) is 37.8 Å². The summed E-state index contributed by atoms with van der Waals surface area (Å²) in [6, 6.07) is 3.66. The Morgan fingerprint density at radius 2 is 2.03 bits per heavy atom. The predicted molar refractivity (Wildman–Crippen MR) is 106 cm³/mol. The molecule has 3 heterocycles. The molecule has 4 rings (SSSR count). The highest BCUT2D eigenvalue weighted by Crippen LogP contribution is 2.32. The maximum atomic E-state index is 14.3. The van der Waals surface area contributed by atoms with Gasteiger partial charge in [0.2, 0.25) is 11.6 Å². The van der Waals surface area contributed by atoms with Crippen LogP contribution in [0.4, 0.5) is 29.2 Å². The third-order valence-corrected chi connectivity index (χ3v) is 4.97. The minimum Gasteiger partial charge on any atom is -0.340 e. The number of nitrogens with two attached hydrogens (primary N) is 1. The first-order valence-corrected chi connectivity index (χ1v) is 8.84. The van der Waals surface area contributed by atoms with Crippen LogP contribution in [0.2, 0.25) is 0 Å². The lowest BCUT2D eigenvalue weighted by Crippen LogP contribution is -2.55. The Kier molecular flexibility index (Phi) is 5.87. The third kappa shape index (κ3) is 3.91. The molecule has 0 bridgehead atoms. The monoisotopic (exact) mass is 440 g/mol. The van der Waals surface area contributed by atoms with Crippen LogP contribution < -0.4 is 10.6 Å². The van der Waals surface area contributed by atoms with Crippen molar-refractivity contribution in [1.82, 2.24) is 14.5 Å². The van der Waals surface area contributed by atoms with Gasteiger partial charge in [0.05, 0.1) is 30.4 Å². The summed E-state index contributed by atoms with van der Waals surface area (Å²) in [7, 11) is 0. The zero-order chi connectivity index (χ0) is 20.8. The van der Waals surface area contributed by atoms with E-state index in [1.165, 1.54) is 10.8 Å². The van der Waals surface area contributed by atoms with Crippen molar-refractivity contribution in [2.24, 2.45) is 5.73 Å². The van der Waals surface area contributed by atoms with Crippen molar-refractivity contribution in [2.75, 3.05) is 18.0 Å². The van der Waals surface area contributed by atoms with Crippen LogP contribution in [0.15, 0.2) is 30.5 Å². The van der Waals surface area contributed by atoms with E-state index in [0.717, 1.165) is 12.1 Å². The Labute approximate surface area is 175 Å². The summed E-state index contributed by atoms with van der Waals surface area (Å²) in [5.74, 6) is -4.41. The van der Waals surface area contributed by atoms with E-state index < -0.39 is 30.0 Å². The van der Waals surface area contributed by atoms with Crippen molar-refractivity contribution in [3.05, 3.63) is 59.2 Å². The van der Waals surface area contributed by atoms with Gasteiger partial charge in [-0.05, 0) is 6.07 Å². The quantitative estimate of drug-likeness (QED) is 0.495. The summed E-state index contributed by atoms with van der Waals surface area (Å²) in [6.07, 6.45) is 0.922. The van der Waals surface area contributed by atoms with Gasteiger partial charge in [0.15, 0.2) is 5.82 Å². The minimum atomic E-state index is -3.00. The van der Waals surface area contributed by atoms with Crippen molar-refractivity contribution in [3.63, 3.8) is 0 Å². The van der Waals surface area contributed by atoms with Crippen LogP contribution in [-0.4, -0.2) is 39.6 Å². The SMILES string of the molecule is Cl.[C-]#[N+]c1ccc(Cn2c(N3CCC(F)(F)[C@H](N)C3)nc3c(F)cc(F)cc32)nc1. The number of aromatic nitrogens is 3. The summed E-state index contributed by atoms with van der Waals surface area (Å²) in [4.78, 5) is 13.3. The molecule has 2 aromatic heterocycles. The van der Waals surface area contributed by atoms with Crippen LogP contribution in [0.5, 0.6) is 0 Å². The van der Waals surface area contributed by atoms with Crippen LogP contribution in [0.1, 0.15) is 12.1 Å². The fourth-order valence-corrected chi connectivity index (χ4v) is 3.39. The van der Waals surface area contributed by atoms with Crippen LogP contribution in [0.3, 0.4) is 0 Å². The van der Waals surface area contributed by atoms with E-state index in [1.807, 2.05) is 0 Å². The Morgan fingerprint density at radius 1 is 1.27 bits per heavy atom. The first kappa shape index (κ1) is 21.8. The van der Waals surface area contributed by atoms with Crippen LogP contribution in [-0.2, 0) is 6.54 Å². The summed E-state index contributed by atoms with van der Waals surface area (Å²) < 4.78 is 57.3. The Morgan fingerprint density at radius 3 is 2.67 bits per heavy atom. The fourth-order valence-electron chi connectivity index (χ4n) is 3.39. The molecule has 0 saturated carbocycles. The van der Waals surface area contributed by atoms with Gasteiger partial charge in [0.1, 0.15) is 11.3 Å². The van der Waals surface area contributed by atoms with Gasteiger partial charge in [-0.1, -0.05) is 6.07 Å². The summed E-state index contributed by atoms with van der Waals surface area (Å²) in [6.45, 7) is 6.88. The normalized spacial score (nSPS) is 18.1. The molecule has 0 spiro atoms. The largest absolute Gasteiger partial charge is 0.340 e. The highest BCUT2D eigenvalue weighted by atomic mass is 35.5. The van der Waals surface area contributed by atoms with E-state index >= 15 is 0 Å². The number of halogens is 5. The average molecular weight is 441 g/mol. The van der Waals surface area contributed by atoms with Crippen molar-refractivity contribution >= 4 is 35.1 Å². The second-order valence-corrected chi connectivity index (χ2v) is 6.94. The number of anilines is 1. The molecule has 0 amide bonds. The maximum absolute atomic E-state index is 14.3. The summed E-state index contributed by atoms with van der Waals surface area (Å²) in [5.41, 5.74) is 6.61. The first-order valence-electron chi connectivity index (χ1n) is 8.84. The predicted octanol–water partition coefficient (Wildman–Crippen LogP) is 3.90. The van der Waals surface area contributed by atoms with Crippen LogP contribution in [0.25, 0.3) is 15.9 Å². The average Bonchev–Trinajstić information content (AvgIpc) is 3.03. The van der Waals surface area contributed by atoms with Crippen LogP contribution in [0, 0.1) is 18.2 Å². The van der Waals surface area contributed by atoms with Gasteiger partial charge in [-0.25, -0.2) is 27.4 Å². The third-order valence-electron chi connectivity index (χ3n) is 4.97. The van der Waals surface area contributed by atoms with Gasteiger partial charge in [-0.3, -0.25) is 4.98 Å². The first-order chi connectivity index (χ1) is 13.8. The van der Waals surface area contributed by atoms with E-state index in [4.69, 9.17) is 12.3 Å². The highest BCUT2D eigenvalue weighted by Gasteiger charge is 2.42. The second-order valence-electron chi connectivity index (χ2n) is 6.94.